The third-order valence-electron chi connectivity index (χ3n) is 4.73. The van der Waals surface area contributed by atoms with Crippen LogP contribution in [-0.2, 0) is 4.79 Å². The largest absolute Gasteiger partial charge is 0.324 e. The van der Waals surface area contributed by atoms with Crippen LogP contribution >= 0.6 is 0 Å². The lowest BCUT2D eigenvalue weighted by Gasteiger charge is -2.03. The number of allylic oxidation sites excluding steroid dienone is 4. The molecule has 22 heavy (non-hydrogen) atoms. The van der Waals surface area contributed by atoms with E-state index in [1.54, 1.807) is 12.4 Å². The molecule has 0 aliphatic heterocycles. The summed E-state index contributed by atoms with van der Waals surface area (Å²) in [5.41, 5.74) is 0.801. The molecule has 0 aromatic carbocycles. The van der Waals surface area contributed by atoms with Crippen molar-refractivity contribution in [3.8, 4) is 0 Å². The SMILES string of the molecule is O=C(Nc1cccnc1)C1[C@H]2CC/C=C/CC/C=C\CC[C@@H]12. The molecule has 0 saturated heterocycles. The molecule has 1 fully saturated rings. The molecule has 1 heterocycles. The van der Waals surface area contributed by atoms with Gasteiger partial charge in [0.1, 0.15) is 0 Å². The maximum atomic E-state index is 12.5. The molecule has 3 heteroatoms. The molecule has 0 radical (unpaired) electrons. The number of amides is 1. The van der Waals surface area contributed by atoms with Gasteiger partial charge in [0.15, 0.2) is 0 Å². The zero-order valence-corrected chi connectivity index (χ0v) is 12.9. The van der Waals surface area contributed by atoms with Gasteiger partial charge < -0.3 is 5.32 Å². The van der Waals surface area contributed by atoms with Crippen LogP contribution in [0.3, 0.4) is 0 Å². The van der Waals surface area contributed by atoms with Crippen LogP contribution in [0.15, 0.2) is 48.8 Å². The highest BCUT2D eigenvalue weighted by molar-refractivity contribution is 5.94. The summed E-state index contributed by atoms with van der Waals surface area (Å²) in [7, 11) is 0. The topological polar surface area (TPSA) is 42.0 Å². The molecule has 3 atom stereocenters. The number of carbonyl (C=O) groups excluding carboxylic acids is 1. The van der Waals surface area contributed by atoms with Gasteiger partial charge in [0.05, 0.1) is 11.9 Å². The van der Waals surface area contributed by atoms with Crippen molar-refractivity contribution in [3.05, 3.63) is 48.8 Å². The molecule has 1 amide bonds. The van der Waals surface area contributed by atoms with E-state index in [0.29, 0.717) is 11.8 Å². The molecule has 3 nitrogen and oxygen atoms in total. The smallest absolute Gasteiger partial charge is 0.228 e. The fourth-order valence-corrected chi connectivity index (χ4v) is 3.52. The Morgan fingerprint density at radius 3 is 2.23 bits per heavy atom. The summed E-state index contributed by atoms with van der Waals surface area (Å²) in [6.45, 7) is 0. The summed E-state index contributed by atoms with van der Waals surface area (Å²) in [6, 6.07) is 3.74. The summed E-state index contributed by atoms with van der Waals surface area (Å²) in [4.78, 5) is 16.5. The lowest BCUT2D eigenvalue weighted by atomic mass is 10.1. The van der Waals surface area contributed by atoms with E-state index in [2.05, 4.69) is 34.6 Å². The van der Waals surface area contributed by atoms with Crippen molar-refractivity contribution in [2.24, 2.45) is 17.8 Å². The quantitative estimate of drug-likeness (QED) is 0.824. The Kier molecular flexibility index (Phi) is 5.04. The number of anilines is 1. The van der Waals surface area contributed by atoms with Crippen LogP contribution in [0.2, 0.25) is 0 Å². The van der Waals surface area contributed by atoms with E-state index in [1.165, 1.54) is 0 Å². The third kappa shape index (κ3) is 3.85. The van der Waals surface area contributed by atoms with Gasteiger partial charge in [0, 0.05) is 12.1 Å². The Bertz CT molecular complexity index is 526. The molecule has 1 N–H and O–H groups in total. The zero-order chi connectivity index (χ0) is 15.2. The summed E-state index contributed by atoms with van der Waals surface area (Å²) in [6.07, 6.45) is 19.3. The second-order valence-corrected chi connectivity index (χ2v) is 6.26. The molecule has 2 aliphatic carbocycles. The summed E-state index contributed by atoms with van der Waals surface area (Å²) in [5, 5.41) is 3.02. The Labute approximate surface area is 132 Å². The van der Waals surface area contributed by atoms with E-state index in [-0.39, 0.29) is 11.8 Å². The molecule has 1 saturated carbocycles. The molecule has 0 spiro atoms. The lowest BCUT2D eigenvalue weighted by Crippen LogP contribution is -2.15. The van der Waals surface area contributed by atoms with Crippen LogP contribution in [0.1, 0.15) is 38.5 Å². The number of carbonyl (C=O) groups is 1. The van der Waals surface area contributed by atoms with Gasteiger partial charge in [-0.1, -0.05) is 24.3 Å². The minimum absolute atomic E-state index is 0.172. The molecule has 3 rings (SSSR count). The summed E-state index contributed by atoms with van der Waals surface area (Å²) >= 11 is 0. The van der Waals surface area contributed by atoms with Crippen molar-refractivity contribution in [1.82, 2.24) is 4.98 Å². The van der Waals surface area contributed by atoms with Crippen LogP contribution < -0.4 is 5.32 Å². The molecule has 2 aliphatic rings. The highest BCUT2D eigenvalue weighted by Crippen LogP contribution is 2.52. The van der Waals surface area contributed by atoms with Gasteiger partial charge in [0.2, 0.25) is 5.91 Å². The molecule has 116 valence electrons. The number of rotatable bonds is 2. The highest BCUT2D eigenvalue weighted by Gasteiger charge is 2.52. The van der Waals surface area contributed by atoms with Crippen molar-refractivity contribution < 1.29 is 4.79 Å². The fourth-order valence-electron chi connectivity index (χ4n) is 3.52. The minimum atomic E-state index is 0.172. The van der Waals surface area contributed by atoms with Gasteiger partial charge in [-0.15, -0.1) is 0 Å². The van der Waals surface area contributed by atoms with E-state index in [1.807, 2.05) is 12.1 Å². The molecule has 1 aromatic rings. The monoisotopic (exact) mass is 296 g/mol. The van der Waals surface area contributed by atoms with Gasteiger partial charge in [-0.05, 0) is 62.5 Å². The first-order valence-electron chi connectivity index (χ1n) is 8.37. The van der Waals surface area contributed by atoms with Crippen LogP contribution in [0, 0.1) is 17.8 Å². The van der Waals surface area contributed by atoms with Crippen molar-refractivity contribution in [1.29, 1.82) is 0 Å². The Balaban J connectivity index is 1.60. The predicted octanol–water partition coefficient (Wildman–Crippen LogP) is 4.35. The number of hydrogen-bond acceptors (Lipinski definition) is 2. The predicted molar refractivity (Wildman–Crippen MR) is 89.3 cm³/mol. The first kappa shape index (κ1) is 15.0. The molecular weight excluding hydrogens is 272 g/mol. The van der Waals surface area contributed by atoms with Crippen LogP contribution in [-0.4, -0.2) is 10.9 Å². The maximum absolute atomic E-state index is 12.5. The van der Waals surface area contributed by atoms with E-state index < -0.39 is 0 Å². The summed E-state index contributed by atoms with van der Waals surface area (Å²) in [5.74, 6) is 1.46. The van der Waals surface area contributed by atoms with Crippen molar-refractivity contribution >= 4 is 11.6 Å². The molecule has 1 aromatic heterocycles. The van der Waals surface area contributed by atoms with E-state index in [0.717, 1.165) is 44.2 Å². The number of pyridine rings is 1. The molecule has 1 unspecified atom stereocenters. The van der Waals surface area contributed by atoms with Gasteiger partial charge in [-0.2, -0.15) is 0 Å². The van der Waals surface area contributed by atoms with Gasteiger partial charge in [-0.25, -0.2) is 0 Å². The van der Waals surface area contributed by atoms with Crippen molar-refractivity contribution in [2.75, 3.05) is 5.32 Å². The maximum Gasteiger partial charge on any atom is 0.228 e. The Morgan fingerprint density at radius 1 is 1.00 bits per heavy atom. The van der Waals surface area contributed by atoms with Crippen LogP contribution in [0.25, 0.3) is 0 Å². The van der Waals surface area contributed by atoms with Crippen LogP contribution in [0.5, 0.6) is 0 Å². The molecular formula is C19H24N2O. The van der Waals surface area contributed by atoms with Gasteiger partial charge in [-0.3, -0.25) is 9.78 Å². The van der Waals surface area contributed by atoms with E-state index in [4.69, 9.17) is 0 Å². The number of hydrogen-bond donors (Lipinski definition) is 1. The number of aromatic nitrogens is 1. The van der Waals surface area contributed by atoms with E-state index >= 15 is 0 Å². The third-order valence-corrected chi connectivity index (χ3v) is 4.73. The number of nitrogens with one attached hydrogen (secondary N) is 1. The van der Waals surface area contributed by atoms with Crippen molar-refractivity contribution in [3.63, 3.8) is 0 Å². The second kappa shape index (κ2) is 7.39. The van der Waals surface area contributed by atoms with Gasteiger partial charge in [0.25, 0.3) is 0 Å². The lowest BCUT2D eigenvalue weighted by molar-refractivity contribution is -0.117. The normalized spacial score (nSPS) is 31.0. The van der Waals surface area contributed by atoms with E-state index in [9.17, 15) is 4.79 Å². The standard InChI is InChI=1S/C19H24N2O/c22-19(21-15-10-9-13-20-14-15)18-16-11-7-5-3-1-2-4-6-8-12-17(16)18/h3-6,9-10,13-14,16-18H,1-2,7-8,11-12H2,(H,21,22)/b5-3-,6-4+/t16-,17+,18?/m1/s1. The van der Waals surface area contributed by atoms with Crippen molar-refractivity contribution in [2.45, 2.75) is 38.5 Å². The number of fused-ring (bicyclic) bond motifs is 1. The highest BCUT2D eigenvalue weighted by atomic mass is 16.2. The Hall–Kier alpha value is -1.90. The van der Waals surface area contributed by atoms with Gasteiger partial charge >= 0.3 is 0 Å². The fraction of sp³-hybridized carbons (Fsp3) is 0.474. The first-order chi connectivity index (χ1) is 10.9. The summed E-state index contributed by atoms with van der Waals surface area (Å²) < 4.78 is 0. The second-order valence-electron chi connectivity index (χ2n) is 6.26. The average molecular weight is 296 g/mol. The van der Waals surface area contributed by atoms with Crippen LogP contribution in [0.4, 0.5) is 5.69 Å². The Morgan fingerprint density at radius 2 is 1.64 bits per heavy atom. The first-order valence-corrected chi connectivity index (χ1v) is 8.37. The minimum Gasteiger partial charge on any atom is -0.324 e. The zero-order valence-electron chi connectivity index (χ0n) is 12.9. The molecule has 0 bridgehead atoms. The average Bonchev–Trinajstić information content (AvgIpc) is 3.21. The number of nitrogens with zero attached hydrogens (tertiary/aromatic N) is 1.